The molecule has 0 saturated heterocycles. The third-order valence-corrected chi connectivity index (χ3v) is 4.14. The summed E-state index contributed by atoms with van der Waals surface area (Å²) in [6, 6.07) is 17.2. The number of amides is 1. The van der Waals surface area contributed by atoms with Gasteiger partial charge in [0.2, 0.25) is 5.91 Å². The Bertz CT molecular complexity index is 778. The van der Waals surface area contributed by atoms with Crippen LogP contribution in [0.4, 0.5) is 11.4 Å². The third kappa shape index (κ3) is 6.45. The molecule has 0 aliphatic rings. The van der Waals surface area contributed by atoms with E-state index in [1.165, 1.54) is 0 Å². The lowest BCUT2D eigenvalue weighted by atomic mass is 10.1. The molecule has 0 aliphatic carbocycles. The average Bonchev–Trinajstić information content (AvgIpc) is 2.61. The molecule has 0 unspecified atom stereocenters. The molecule has 0 bridgehead atoms. The molecule has 0 saturated carbocycles. The van der Waals surface area contributed by atoms with E-state index in [1.54, 1.807) is 12.1 Å². The minimum atomic E-state index is -0.0544. The quantitative estimate of drug-likeness (QED) is 0.729. The minimum Gasteiger partial charge on any atom is -0.369 e. The molecular formula is C23H29N3O. The van der Waals surface area contributed by atoms with Gasteiger partial charge in [-0.3, -0.25) is 4.79 Å². The fourth-order valence-corrected chi connectivity index (χ4v) is 3.08. The summed E-state index contributed by atoms with van der Waals surface area (Å²) in [7, 11) is 0. The van der Waals surface area contributed by atoms with Crippen LogP contribution in [-0.4, -0.2) is 19.0 Å². The van der Waals surface area contributed by atoms with Crippen molar-refractivity contribution in [2.24, 2.45) is 11.8 Å². The van der Waals surface area contributed by atoms with E-state index in [-0.39, 0.29) is 12.3 Å². The highest BCUT2D eigenvalue weighted by Crippen LogP contribution is 2.27. The van der Waals surface area contributed by atoms with Crippen molar-refractivity contribution >= 4 is 17.3 Å². The molecule has 2 rings (SSSR count). The molecule has 1 amide bonds. The van der Waals surface area contributed by atoms with Gasteiger partial charge in [0.1, 0.15) is 0 Å². The van der Waals surface area contributed by atoms with Crippen LogP contribution in [0.15, 0.2) is 48.5 Å². The lowest BCUT2D eigenvalue weighted by Crippen LogP contribution is -2.32. The summed E-state index contributed by atoms with van der Waals surface area (Å²) in [6.45, 7) is 10.7. The number of carbonyl (C=O) groups excluding carboxylic acids is 1. The van der Waals surface area contributed by atoms with E-state index in [0.29, 0.717) is 17.4 Å². The molecule has 2 aromatic rings. The van der Waals surface area contributed by atoms with Gasteiger partial charge in [0.15, 0.2) is 0 Å². The number of nitrogens with zero attached hydrogens (tertiary/aromatic N) is 2. The zero-order valence-corrected chi connectivity index (χ0v) is 16.7. The van der Waals surface area contributed by atoms with Crippen LogP contribution in [0.5, 0.6) is 0 Å². The largest absolute Gasteiger partial charge is 0.369 e. The van der Waals surface area contributed by atoms with Crippen molar-refractivity contribution in [2.45, 2.75) is 34.1 Å². The molecule has 4 nitrogen and oxygen atoms in total. The number of carbonyl (C=O) groups is 1. The highest BCUT2D eigenvalue weighted by atomic mass is 16.1. The molecule has 0 atom stereocenters. The van der Waals surface area contributed by atoms with Crippen LogP contribution in [0.25, 0.3) is 0 Å². The van der Waals surface area contributed by atoms with Gasteiger partial charge >= 0.3 is 0 Å². The van der Waals surface area contributed by atoms with Gasteiger partial charge in [0, 0.05) is 13.1 Å². The molecule has 0 aromatic heterocycles. The average molecular weight is 364 g/mol. The van der Waals surface area contributed by atoms with Crippen LogP contribution in [0, 0.1) is 23.2 Å². The van der Waals surface area contributed by atoms with Gasteiger partial charge in [-0.05, 0) is 41.7 Å². The van der Waals surface area contributed by atoms with Gasteiger partial charge < -0.3 is 10.2 Å². The number of anilines is 2. The minimum absolute atomic E-state index is 0.0544. The van der Waals surface area contributed by atoms with Crippen molar-refractivity contribution < 1.29 is 4.79 Å². The van der Waals surface area contributed by atoms with Gasteiger partial charge in [0.25, 0.3) is 0 Å². The normalized spacial score (nSPS) is 10.7. The maximum absolute atomic E-state index is 12.6. The van der Waals surface area contributed by atoms with E-state index in [4.69, 9.17) is 5.26 Å². The third-order valence-electron chi connectivity index (χ3n) is 4.14. The topological polar surface area (TPSA) is 56.1 Å². The Morgan fingerprint density at radius 2 is 1.59 bits per heavy atom. The van der Waals surface area contributed by atoms with E-state index >= 15 is 0 Å². The number of para-hydroxylation sites is 2. The Balaban J connectivity index is 2.15. The number of hydrogen-bond acceptors (Lipinski definition) is 3. The van der Waals surface area contributed by atoms with Crippen LogP contribution in [0.1, 0.15) is 38.8 Å². The summed E-state index contributed by atoms with van der Waals surface area (Å²) in [5.41, 5.74) is 3.40. The second-order valence-electron chi connectivity index (χ2n) is 7.74. The maximum atomic E-state index is 12.6. The van der Waals surface area contributed by atoms with Gasteiger partial charge in [-0.1, -0.05) is 52.0 Å². The van der Waals surface area contributed by atoms with Gasteiger partial charge in [-0.15, -0.1) is 0 Å². The van der Waals surface area contributed by atoms with Crippen molar-refractivity contribution in [1.29, 1.82) is 5.26 Å². The summed E-state index contributed by atoms with van der Waals surface area (Å²) in [4.78, 5) is 14.9. The van der Waals surface area contributed by atoms with Gasteiger partial charge in [-0.2, -0.15) is 5.26 Å². The van der Waals surface area contributed by atoms with Gasteiger partial charge in [-0.25, -0.2) is 0 Å². The Kier molecular flexibility index (Phi) is 7.43. The SMILES string of the molecule is CC(C)CN(CC(C)C)c1ccccc1NC(=O)Cc1ccc(C#N)cc1. The maximum Gasteiger partial charge on any atom is 0.228 e. The molecule has 142 valence electrons. The number of nitrogens with one attached hydrogen (secondary N) is 1. The fraction of sp³-hybridized carbons (Fsp3) is 0.391. The smallest absolute Gasteiger partial charge is 0.228 e. The zero-order chi connectivity index (χ0) is 19.8. The van der Waals surface area contributed by atoms with Crippen molar-refractivity contribution in [3.63, 3.8) is 0 Å². The Hall–Kier alpha value is -2.80. The summed E-state index contributed by atoms with van der Waals surface area (Å²) >= 11 is 0. The summed E-state index contributed by atoms with van der Waals surface area (Å²) in [5.74, 6) is 1.01. The summed E-state index contributed by atoms with van der Waals surface area (Å²) in [6.07, 6.45) is 0.286. The summed E-state index contributed by atoms with van der Waals surface area (Å²) in [5, 5.41) is 11.9. The summed E-state index contributed by atoms with van der Waals surface area (Å²) < 4.78 is 0. The van der Waals surface area contributed by atoms with Crippen molar-refractivity contribution in [3.05, 3.63) is 59.7 Å². The van der Waals surface area contributed by atoms with Crippen LogP contribution in [0.2, 0.25) is 0 Å². The lowest BCUT2D eigenvalue weighted by Gasteiger charge is -2.30. The van der Waals surface area contributed by atoms with Crippen LogP contribution >= 0.6 is 0 Å². The van der Waals surface area contributed by atoms with E-state index in [2.05, 4.69) is 50.0 Å². The van der Waals surface area contributed by atoms with Crippen LogP contribution in [0.3, 0.4) is 0 Å². The lowest BCUT2D eigenvalue weighted by molar-refractivity contribution is -0.115. The van der Waals surface area contributed by atoms with Crippen molar-refractivity contribution in [1.82, 2.24) is 0 Å². The second-order valence-corrected chi connectivity index (χ2v) is 7.74. The Morgan fingerprint density at radius 3 is 2.15 bits per heavy atom. The zero-order valence-electron chi connectivity index (χ0n) is 16.7. The predicted octanol–water partition coefficient (Wildman–Crippen LogP) is 4.86. The fourth-order valence-electron chi connectivity index (χ4n) is 3.08. The Labute approximate surface area is 162 Å². The molecule has 4 heteroatoms. The van der Waals surface area contributed by atoms with E-state index in [1.807, 2.05) is 30.3 Å². The number of hydrogen-bond donors (Lipinski definition) is 1. The molecule has 1 N–H and O–H groups in total. The van der Waals surface area contributed by atoms with E-state index < -0.39 is 0 Å². The molecule has 0 heterocycles. The highest BCUT2D eigenvalue weighted by molar-refractivity contribution is 5.95. The molecule has 27 heavy (non-hydrogen) atoms. The number of benzene rings is 2. The first kappa shape index (κ1) is 20.5. The monoisotopic (exact) mass is 363 g/mol. The van der Waals surface area contributed by atoms with E-state index in [9.17, 15) is 4.79 Å². The van der Waals surface area contributed by atoms with Crippen LogP contribution in [-0.2, 0) is 11.2 Å². The molecule has 0 radical (unpaired) electrons. The van der Waals surface area contributed by atoms with Gasteiger partial charge in [0.05, 0.1) is 29.4 Å². The van der Waals surface area contributed by atoms with Crippen LogP contribution < -0.4 is 10.2 Å². The first-order valence-electron chi connectivity index (χ1n) is 9.52. The highest BCUT2D eigenvalue weighted by Gasteiger charge is 2.15. The standard InChI is InChI=1S/C23H29N3O/c1-17(2)15-26(16-18(3)4)22-8-6-5-7-21(22)25-23(27)13-19-9-11-20(14-24)12-10-19/h5-12,17-18H,13,15-16H2,1-4H3,(H,25,27). The second kappa shape index (κ2) is 9.78. The molecule has 0 spiro atoms. The molecule has 0 fully saturated rings. The van der Waals surface area contributed by atoms with Crippen molar-refractivity contribution in [2.75, 3.05) is 23.3 Å². The number of rotatable bonds is 8. The Morgan fingerprint density at radius 1 is 1.00 bits per heavy atom. The first-order chi connectivity index (χ1) is 12.9. The predicted molar refractivity (Wildman–Crippen MR) is 112 cm³/mol. The first-order valence-corrected chi connectivity index (χ1v) is 9.52. The van der Waals surface area contributed by atoms with E-state index in [0.717, 1.165) is 30.0 Å². The molecule has 2 aromatic carbocycles. The number of nitriles is 1. The van der Waals surface area contributed by atoms with Crippen molar-refractivity contribution in [3.8, 4) is 6.07 Å². The molecular weight excluding hydrogens is 334 g/mol. The molecule has 0 aliphatic heterocycles.